The number of esters is 2. The van der Waals surface area contributed by atoms with Crippen molar-refractivity contribution in [2.45, 2.75) is 206 Å². The Morgan fingerprint density at radius 2 is 0.980 bits per heavy atom. The van der Waals surface area contributed by atoms with E-state index in [1.165, 1.54) is 96.3 Å². The fourth-order valence-corrected chi connectivity index (χ4v) is 5.73. The van der Waals surface area contributed by atoms with E-state index in [0.29, 0.717) is 19.3 Å². The largest absolute Gasteiger partial charge is 0.463 e. The first-order valence-corrected chi connectivity index (χ1v) is 20.6. The van der Waals surface area contributed by atoms with Gasteiger partial charge in [-0.15, -0.1) is 0 Å². The molecule has 7 heteroatoms. The average Bonchev–Trinajstić information content (AvgIpc) is 3.09. The van der Waals surface area contributed by atoms with Gasteiger partial charge in [0.05, 0.1) is 12.2 Å². The number of aliphatic hydroxyl groups is 3. The van der Waals surface area contributed by atoms with Crippen LogP contribution in [0.15, 0.2) is 36.5 Å². The lowest BCUT2D eigenvalue weighted by molar-refractivity contribution is -0.152. The molecule has 0 radical (unpaired) electrons. The van der Waals surface area contributed by atoms with Crippen LogP contribution in [0, 0.1) is 5.92 Å². The van der Waals surface area contributed by atoms with Crippen LogP contribution in [-0.4, -0.2) is 58.8 Å². The summed E-state index contributed by atoms with van der Waals surface area (Å²) in [5.74, 6) is 0.00342. The minimum absolute atomic E-state index is 0.0722. The van der Waals surface area contributed by atoms with Crippen LogP contribution in [0.1, 0.15) is 188 Å². The molecule has 0 bridgehead atoms. The first-order valence-electron chi connectivity index (χ1n) is 20.6. The van der Waals surface area contributed by atoms with Crippen LogP contribution in [0.2, 0.25) is 0 Å². The van der Waals surface area contributed by atoms with Gasteiger partial charge in [-0.1, -0.05) is 160 Å². The topological polar surface area (TPSA) is 113 Å². The van der Waals surface area contributed by atoms with Crippen molar-refractivity contribution in [3.8, 4) is 0 Å². The second-order valence-electron chi connectivity index (χ2n) is 14.5. The maximum Gasteiger partial charge on any atom is 0.305 e. The SMILES string of the molecule is CCCCC/C=C\C/C=C\C/C=C\CC(O)C(O)CCCC(=O)OC[C@H](O)COC(=O)CCCCCCCCCCCCCCCCC(C)C. The van der Waals surface area contributed by atoms with Crippen molar-refractivity contribution in [2.75, 3.05) is 13.2 Å². The number of hydrogen-bond donors (Lipinski definition) is 3. The molecule has 3 atom stereocenters. The molecule has 50 heavy (non-hydrogen) atoms. The molecule has 0 aromatic heterocycles. The summed E-state index contributed by atoms with van der Waals surface area (Å²) in [5, 5.41) is 30.4. The van der Waals surface area contributed by atoms with Crippen molar-refractivity contribution in [1.82, 2.24) is 0 Å². The van der Waals surface area contributed by atoms with Crippen LogP contribution >= 0.6 is 0 Å². The van der Waals surface area contributed by atoms with Crippen molar-refractivity contribution in [3.05, 3.63) is 36.5 Å². The molecule has 0 amide bonds. The van der Waals surface area contributed by atoms with E-state index < -0.39 is 24.3 Å². The maximum absolute atomic E-state index is 12.0. The molecule has 0 spiro atoms. The van der Waals surface area contributed by atoms with Gasteiger partial charge in [-0.25, -0.2) is 0 Å². The number of unbranched alkanes of at least 4 members (excludes halogenated alkanes) is 16. The lowest BCUT2D eigenvalue weighted by Gasteiger charge is -2.16. The van der Waals surface area contributed by atoms with Gasteiger partial charge in [0.25, 0.3) is 0 Å². The lowest BCUT2D eigenvalue weighted by Crippen LogP contribution is -2.26. The normalized spacial score (nSPS) is 13.9. The summed E-state index contributed by atoms with van der Waals surface area (Å²) >= 11 is 0. The molecule has 3 N–H and O–H groups in total. The van der Waals surface area contributed by atoms with Gasteiger partial charge in [0, 0.05) is 12.8 Å². The molecule has 0 aliphatic rings. The van der Waals surface area contributed by atoms with E-state index in [9.17, 15) is 24.9 Å². The second-order valence-corrected chi connectivity index (χ2v) is 14.5. The molecule has 0 rings (SSSR count). The molecule has 0 aliphatic heterocycles. The highest BCUT2D eigenvalue weighted by molar-refractivity contribution is 5.69. The second kappa shape index (κ2) is 36.8. The Bertz CT molecular complexity index is 850. The highest BCUT2D eigenvalue weighted by Gasteiger charge is 2.16. The van der Waals surface area contributed by atoms with Gasteiger partial charge in [0.2, 0.25) is 0 Å². The molecule has 0 heterocycles. The van der Waals surface area contributed by atoms with Crippen LogP contribution in [0.4, 0.5) is 0 Å². The van der Waals surface area contributed by atoms with Crippen molar-refractivity contribution in [2.24, 2.45) is 5.92 Å². The molecule has 0 aromatic carbocycles. The fraction of sp³-hybridized carbons (Fsp3) is 0.814. The first kappa shape index (κ1) is 48.0. The molecular weight excluding hydrogens is 628 g/mol. The third kappa shape index (κ3) is 35.9. The molecule has 2 unspecified atom stereocenters. The summed E-state index contributed by atoms with van der Waals surface area (Å²) in [6, 6.07) is 0. The number of carbonyl (C=O) groups excluding carboxylic acids is 2. The number of carbonyl (C=O) groups is 2. The molecule has 0 aromatic rings. The standard InChI is InChI=1S/C43H78O7/c1-4-5-6-7-8-9-10-16-19-22-25-28-32-40(45)41(46)33-30-35-43(48)50-37-39(44)36-49-42(47)34-29-26-23-20-17-14-12-11-13-15-18-21-24-27-31-38(2)3/h8-9,16,19,25,28,38-41,44-46H,4-7,10-15,17-18,20-24,26-27,29-37H2,1-3H3/b9-8-,19-16-,28-25-/t39-,40?,41?/m1/s1. The van der Waals surface area contributed by atoms with E-state index in [1.54, 1.807) is 0 Å². The van der Waals surface area contributed by atoms with Gasteiger partial charge in [-0.2, -0.15) is 0 Å². The van der Waals surface area contributed by atoms with Crippen molar-refractivity contribution in [3.63, 3.8) is 0 Å². The van der Waals surface area contributed by atoms with E-state index in [2.05, 4.69) is 45.1 Å². The number of aliphatic hydroxyl groups excluding tert-OH is 3. The summed E-state index contributed by atoms with van der Waals surface area (Å²) in [6.45, 7) is 6.37. The lowest BCUT2D eigenvalue weighted by atomic mass is 10.0. The third-order valence-corrected chi connectivity index (χ3v) is 9.01. The highest BCUT2D eigenvalue weighted by Crippen LogP contribution is 2.15. The summed E-state index contributed by atoms with van der Waals surface area (Å²) in [6.07, 6.45) is 36.7. The quantitative estimate of drug-likeness (QED) is 0.0338. The Morgan fingerprint density at radius 3 is 1.50 bits per heavy atom. The Kier molecular flexibility index (Phi) is 35.4. The maximum atomic E-state index is 12.0. The van der Waals surface area contributed by atoms with Crippen LogP contribution in [0.3, 0.4) is 0 Å². The molecule has 0 aliphatic carbocycles. The monoisotopic (exact) mass is 707 g/mol. The molecule has 7 nitrogen and oxygen atoms in total. The van der Waals surface area contributed by atoms with E-state index in [1.807, 2.05) is 12.2 Å². The Balaban J connectivity index is 3.65. The van der Waals surface area contributed by atoms with Crippen LogP contribution in [0.25, 0.3) is 0 Å². The van der Waals surface area contributed by atoms with Crippen LogP contribution in [0.5, 0.6) is 0 Å². The number of hydrogen-bond acceptors (Lipinski definition) is 7. The zero-order valence-electron chi connectivity index (χ0n) is 32.5. The van der Waals surface area contributed by atoms with E-state index in [4.69, 9.17) is 9.47 Å². The zero-order valence-corrected chi connectivity index (χ0v) is 32.5. The number of ether oxygens (including phenoxy) is 2. The highest BCUT2D eigenvalue weighted by atomic mass is 16.6. The summed E-state index contributed by atoms with van der Waals surface area (Å²) in [4.78, 5) is 24.0. The van der Waals surface area contributed by atoms with E-state index in [0.717, 1.165) is 44.4 Å². The Hall–Kier alpha value is -1.96. The minimum Gasteiger partial charge on any atom is -0.463 e. The molecule has 0 saturated carbocycles. The van der Waals surface area contributed by atoms with Crippen LogP contribution in [-0.2, 0) is 19.1 Å². The van der Waals surface area contributed by atoms with Crippen molar-refractivity contribution < 1.29 is 34.4 Å². The Morgan fingerprint density at radius 1 is 0.520 bits per heavy atom. The van der Waals surface area contributed by atoms with Gasteiger partial charge >= 0.3 is 11.9 Å². The smallest absolute Gasteiger partial charge is 0.305 e. The molecular formula is C43H78O7. The predicted molar refractivity (Wildman–Crippen MR) is 208 cm³/mol. The molecule has 0 saturated heterocycles. The fourth-order valence-electron chi connectivity index (χ4n) is 5.73. The Labute approximate surface area is 307 Å². The van der Waals surface area contributed by atoms with E-state index in [-0.39, 0.29) is 32.0 Å². The van der Waals surface area contributed by atoms with Gasteiger partial charge in [0.1, 0.15) is 19.3 Å². The van der Waals surface area contributed by atoms with Gasteiger partial charge in [-0.3, -0.25) is 9.59 Å². The van der Waals surface area contributed by atoms with Crippen molar-refractivity contribution in [1.29, 1.82) is 0 Å². The molecule has 0 fully saturated rings. The third-order valence-electron chi connectivity index (χ3n) is 9.01. The predicted octanol–water partition coefficient (Wildman–Crippen LogP) is 10.6. The summed E-state index contributed by atoms with van der Waals surface area (Å²) in [7, 11) is 0. The zero-order chi connectivity index (χ0) is 36.9. The summed E-state index contributed by atoms with van der Waals surface area (Å²) in [5.41, 5.74) is 0. The number of allylic oxidation sites excluding steroid dienone is 5. The molecule has 292 valence electrons. The minimum atomic E-state index is -1.07. The number of rotatable bonds is 36. The first-order chi connectivity index (χ1) is 24.3. The van der Waals surface area contributed by atoms with Gasteiger partial charge in [-0.05, 0) is 57.3 Å². The summed E-state index contributed by atoms with van der Waals surface area (Å²) < 4.78 is 10.2. The van der Waals surface area contributed by atoms with Crippen molar-refractivity contribution >= 4 is 11.9 Å². The van der Waals surface area contributed by atoms with Gasteiger partial charge < -0.3 is 24.8 Å². The van der Waals surface area contributed by atoms with E-state index >= 15 is 0 Å². The van der Waals surface area contributed by atoms with Crippen LogP contribution < -0.4 is 0 Å². The average molecular weight is 707 g/mol. The van der Waals surface area contributed by atoms with Gasteiger partial charge in [0.15, 0.2) is 0 Å².